The smallest absolute Gasteiger partial charge is 0.0396 e. The number of rotatable bonds is 5. The molecule has 2 nitrogen and oxygen atoms in total. The van der Waals surface area contributed by atoms with Crippen molar-refractivity contribution in [1.29, 1.82) is 0 Å². The number of nitrogens with zero attached hydrogens (tertiary/aromatic N) is 1. The van der Waals surface area contributed by atoms with Gasteiger partial charge < -0.3 is 5.32 Å². The average molecular weight is 280 g/mol. The highest BCUT2D eigenvalue weighted by molar-refractivity contribution is 7.12. The molecule has 108 valence electrons. The maximum Gasteiger partial charge on any atom is 0.0396 e. The third-order valence-corrected chi connectivity index (χ3v) is 5.22. The van der Waals surface area contributed by atoms with Crippen LogP contribution in [0.25, 0.3) is 0 Å². The Morgan fingerprint density at radius 2 is 2.21 bits per heavy atom. The lowest BCUT2D eigenvalue weighted by atomic mass is 9.85. The Morgan fingerprint density at radius 1 is 1.42 bits per heavy atom. The number of hydrogen-bond donors (Lipinski definition) is 1. The van der Waals surface area contributed by atoms with Gasteiger partial charge in [0.25, 0.3) is 0 Å². The zero-order chi connectivity index (χ0) is 13.8. The number of aryl methyl sites for hydroxylation is 2. The van der Waals surface area contributed by atoms with Gasteiger partial charge in [0.1, 0.15) is 0 Å². The summed E-state index contributed by atoms with van der Waals surface area (Å²) in [5, 5.41) is 3.63. The predicted molar refractivity (Wildman–Crippen MR) is 85.0 cm³/mol. The van der Waals surface area contributed by atoms with Crippen molar-refractivity contribution < 1.29 is 0 Å². The van der Waals surface area contributed by atoms with Crippen molar-refractivity contribution in [3.8, 4) is 0 Å². The van der Waals surface area contributed by atoms with Crippen LogP contribution in [0.3, 0.4) is 0 Å². The molecular weight excluding hydrogens is 252 g/mol. The summed E-state index contributed by atoms with van der Waals surface area (Å²) >= 11 is 1.95. The van der Waals surface area contributed by atoms with E-state index in [9.17, 15) is 0 Å². The number of thiophene rings is 1. The second-order valence-electron chi connectivity index (χ2n) is 5.90. The first-order chi connectivity index (χ1) is 9.13. The van der Waals surface area contributed by atoms with Crippen molar-refractivity contribution in [3.05, 3.63) is 21.4 Å². The first kappa shape index (κ1) is 15.0. The quantitative estimate of drug-likeness (QED) is 0.826. The maximum atomic E-state index is 3.63. The van der Waals surface area contributed by atoms with Crippen LogP contribution in [0.4, 0.5) is 0 Å². The molecule has 1 fully saturated rings. The van der Waals surface area contributed by atoms with Crippen LogP contribution in [-0.4, -0.2) is 31.6 Å². The van der Waals surface area contributed by atoms with Crippen molar-refractivity contribution in [1.82, 2.24) is 10.2 Å². The molecule has 0 spiro atoms. The minimum atomic E-state index is 0.614. The molecule has 1 aliphatic heterocycles. The van der Waals surface area contributed by atoms with Crippen LogP contribution in [0.5, 0.6) is 0 Å². The van der Waals surface area contributed by atoms with Crippen molar-refractivity contribution in [2.24, 2.45) is 5.92 Å². The lowest BCUT2D eigenvalue weighted by Crippen LogP contribution is -2.40. The minimum absolute atomic E-state index is 0.614. The first-order valence-corrected chi connectivity index (χ1v) is 8.43. The molecule has 0 aromatic carbocycles. The second kappa shape index (κ2) is 6.87. The molecule has 19 heavy (non-hydrogen) atoms. The highest BCUT2D eigenvalue weighted by Gasteiger charge is 2.31. The van der Waals surface area contributed by atoms with E-state index in [-0.39, 0.29) is 0 Å². The number of likely N-dealkylation sites (tertiary alicyclic amines) is 1. The predicted octanol–water partition coefficient (Wildman–Crippen LogP) is 3.75. The highest BCUT2D eigenvalue weighted by Crippen LogP contribution is 2.38. The topological polar surface area (TPSA) is 15.3 Å². The molecule has 2 rings (SSSR count). The molecule has 1 aromatic rings. The van der Waals surface area contributed by atoms with Crippen LogP contribution in [0.15, 0.2) is 6.07 Å². The molecule has 1 aromatic heterocycles. The summed E-state index contributed by atoms with van der Waals surface area (Å²) in [4.78, 5) is 5.53. The normalized spacial score (nSPS) is 24.8. The van der Waals surface area contributed by atoms with Gasteiger partial charge in [0.15, 0.2) is 0 Å². The van der Waals surface area contributed by atoms with E-state index < -0.39 is 0 Å². The second-order valence-corrected chi connectivity index (χ2v) is 7.36. The third-order valence-electron chi connectivity index (χ3n) is 4.24. The lowest BCUT2D eigenvalue weighted by molar-refractivity contribution is 0.119. The van der Waals surface area contributed by atoms with Crippen LogP contribution in [0, 0.1) is 19.8 Å². The van der Waals surface area contributed by atoms with Crippen molar-refractivity contribution >= 4 is 11.3 Å². The number of piperidine rings is 1. The van der Waals surface area contributed by atoms with Gasteiger partial charge >= 0.3 is 0 Å². The Labute approximate surface area is 122 Å². The Morgan fingerprint density at radius 3 is 2.84 bits per heavy atom. The Balaban J connectivity index is 2.14. The van der Waals surface area contributed by atoms with Crippen molar-refractivity contribution in [3.63, 3.8) is 0 Å². The van der Waals surface area contributed by atoms with Gasteiger partial charge in [-0.05, 0) is 77.3 Å². The molecule has 0 saturated carbocycles. The lowest BCUT2D eigenvalue weighted by Gasteiger charge is -2.39. The zero-order valence-electron chi connectivity index (χ0n) is 12.8. The molecule has 0 amide bonds. The minimum Gasteiger partial charge on any atom is -0.316 e. The summed E-state index contributed by atoms with van der Waals surface area (Å²) in [5.74, 6) is 0.762. The summed E-state index contributed by atoms with van der Waals surface area (Å²) < 4.78 is 0. The van der Waals surface area contributed by atoms with Crippen LogP contribution >= 0.6 is 11.3 Å². The van der Waals surface area contributed by atoms with Gasteiger partial charge in [-0.15, -0.1) is 11.3 Å². The van der Waals surface area contributed by atoms with Gasteiger partial charge in [0.05, 0.1) is 0 Å². The summed E-state index contributed by atoms with van der Waals surface area (Å²) in [5.41, 5.74) is 1.58. The van der Waals surface area contributed by atoms with E-state index in [0.29, 0.717) is 6.04 Å². The van der Waals surface area contributed by atoms with Gasteiger partial charge in [0, 0.05) is 15.8 Å². The molecule has 1 aliphatic rings. The fraction of sp³-hybridized carbons (Fsp3) is 0.750. The molecule has 2 unspecified atom stereocenters. The van der Waals surface area contributed by atoms with E-state index in [1.54, 1.807) is 5.56 Å². The van der Waals surface area contributed by atoms with E-state index in [0.717, 1.165) is 19.0 Å². The molecule has 2 atom stereocenters. The monoisotopic (exact) mass is 280 g/mol. The molecule has 2 heterocycles. The first-order valence-electron chi connectivity index (χ1n) is 7.61. The van der Waals surface area contributed by atoms with E-state index in [2.05, 4.69) is 44.1 Å². The molecule has 1 N–H and O–H groups in total. The SMILES string of the molecule is CCCNCC1CCCN(C)C1c1cc(C)sc1C. The van der Waals surface area contributed by atoms with Crippen LogP contribution in [0.2, 0.25) is 0 Å². The standard InChI is InChI=1S/C16H28N2S/c1-5-8-17-11-14-7-6-9-18(4)16(14)15-10-12(2)19-13(15)3/h10,14,16-17H,5-9,11H2,1-4H3. The third kappa shape index (κ3) is 3.59. The molecular formula is C16H28N2S. The summed E-state index contributed by atoms with van der Waals surface area (Å²) in [6.07, 6.45) is 3.93. The van der Waals surface area contributed by atoms with Crippen LogP contribution in [-0.2, 0) is 0 Å². The Bertz CT molecular complexity index is 399. The average Bonchev–Trinajstić information content (AvgIpc) is 2.69. The summed E-state index contributed by atoms with van der Waals surface area (Å²) in [7, 11) is 2.29. The van der Waals surface area contributed by atoms with Gasteiger partial charge in [-0.1, -0.05) is 6.92 Å². The Hall–Kier alpha value is -0.380. The van der Waals surface area contributed by atoms with E-state index in [4.69, 9.17) is 0 Å². The fourth-order valence-electron chi connectivity index (χ4n) is 3.37. The van der Waals surface area contributed by atoms with Crippen LogP contribution < -0.4 is 5.32 Å². The Kier molecular flexibility index (Phi) is 5.43. The summed E-state index contributed by atoms with van der Waals surface area (Å²) in [6.45, 7) is 10.3. The van der Waals surface area contributed by atoms with Crippen molar-refractivity contribution in [2.75, 3.05) is 26.7 Å². The fourth-order valence-corrected chi connectivity index (χ4v) is 4.34. The van der Waals surface area contributed by atoms with Gasteiger partial charge in [-0.3, -0.25) is 4.90 Å². The molecule has 0 aliphatic carbocycles. The molecule has 0 radical (unpaired) electrons. The van der Waals surface area contributed by atoms with Crippen molar-refractivity contribution in [2.45, 2.75) is 46.1 Å². The zero-order valence-corrected chi connectivity index (χ0v) is 13.6. The molecule has 0 bridgehead atoms. The number of nitrogens with one attached hydrogen (secondary N) is 1. The van der Waals surface area contributed by atoms with Crippen LogP contribution in [0.1, 0.15) is 47.5 Å². The molecule has 1 saturated heterocycles. The van der Waals surface area contributed by atoms with E-state index in [1.165, 1.54) is 35.6 Å². The van der Waals surface area contributed by atoms with Gasteiger partial charge in [0.2, 0.25) is 0 Å². The highest BCUT2D eigenvalue weighted by atomic mass is 32.1. The van der Waals surface area contributed by atoms with Gasteiger partial charge in [-0.2, -0.15) is 0 Å². The van der Waals surface area contributed by atoms with E-state index >= 15 is 0 Å². The number of hydrogen-bond acceptors (Lipinski definition) is 3. The largest absolute Gasteiger partial charge is 0.316 e. The molecule has 3 heteroatoms. The van der Waals surface area contributed by atoms with E-state index in [1.807, 2.05) is 11.3 Å². The van der Waals surface area contributed by atoms with Gasteiger partial charge in [-0.25, -0.2) is 0 Å². The maximum absolute atomic E-state index is 3.63. The summed E-state index contributed by atoms with van der Waals surface area (Å²) in [6, 6.07) is 3.03.